The minimum Gasteiger partial charge on any atom is -0.391 e. The molecule has 26 heavy (non-hydrogen) atoms. The van der Waals surface area contributed by atoms with Crippen molar-refractivity contribution < 1.29 is 9.90 Å². The third-order valence-electron chi connectivity index (χ3n) is 5.34. The van der Waals surface area contributed by atoms with Crippen LogP contribution in [0.3, 0.4) is 0 Å². The first-order chi connectivity index (χ1) is 12.5. The lowest BCUT2D eigenvalue weighted by atomic mass is 10.0. The fourth-order valence-corrected chi connectivity index (χ4v) is 3.89. The Labute approximate surface area is 151 Å². The van der Waals surface area contributed by atoms with Gasteiger partial charge in [0.05, 0.1) is 12.6 Å². The lowest BCUT2D eigenvalue weighted by Gasteiger charge is -2.27. The molecule has 0 saturated carbocycles. The van der Waals surface area contributed by atoms with Gasteiger partial charge in [0, 0.05) is 19.5 Å². The predicted octanol–water partition coefficient (Wildman–Crippen LogP) is 0.872. The van der Waals surface area contributed by atoms with Crippen LogP contribution in [-0.4, -0.2) is 49.5 Å². The molecular weight excluding hydrogens is 332 g/mol. The van der Waals surface area contributed by atoms with Crippen molar-refractivity contribution in [3.63, 3.8) is 0 Å². The van der Waals surface area contributed by atoms with Gasteiger partial charge >= 0.3 is 5.69 Å². The molecule has 1 saturated heterocycles. The number of hydrogen-bond donors (Lipinski definition) is 1. The normalized spacial score (nSPS) is 22.5. The molecule has 0 radical (unpaired) electrons. The molecule has 1 amide bonds. The molecule has 3 heterocycles. The third kappa shape index (κ3) is 3.07. The van der Waals surface area contributed by atoms with Crippen molar-refractivity contribution in [2.24, 2.45) is 0 Å². The Hall–Kier alpha value is -2.41. The Morgan fingerprint density at radius 3 is 2.73 bits per heavy atom. The van der Waals surface area contributed by atoms with E-state index in [2.05, 4.69) is 5.10 Å². The summed E-state index contributed by atoms with van der Waals surface area (Å²) in [7, 11) is 0. The standard InChI is InChI=1S/C19H24N4O3/c1-13-5-7-14(8-6-13)11-22-19(26)23-16(3-2-4-17(23)20-22)18(25)21-10-9-15(24)12-21/h5-8,15-16,24H,2-4,9-12H2,1H3/t15-,16+/m1/s1. The van der Waals surface area contributed by atoms with Gasteiger partial charge in [-0.25, -0.2) is 9.48 Å². The van der Waals surface area contributed by atoms with Gasteiger partial charge in [-0.1, -0.05) is 29.8 Å². The number of aryl methyl sites for hydroxylation is 2. The van der Waals surface area contributed by atoms with Crippen molar-refractivity contribution in [1.29, 1.82) is 0 Å². The summed E-state index contributed by atoms with van der Waals surface area (Å²) in [5.74, 6) is 0.617. The first kappa shape index (κ1) is 17.0. The molecule has 1 N–H and O–H groups in total. The van der Waals surface area contributed by atoms with Gasteiger partial charge in [-0.3, -0.25) is 9.36 Å². The molecule has 2 aliphatic rings. The molecule has 138 valence electrons. The number of β-amino-alcohol motifs (C(OH)–C–C–N with tert-alkyl or cyclic N) is 1. The number of likely N-dealkylation sites (tertiary alicyclic amines) is 1. The van der Waals surface area contributed by atoms with Crippen LogP contribution in [0.25, 0.3) is 0 Å². The second kappa shape index (κ2) is 6.72. The number of fused-ring (bicyclic) bond motifs is 1. The van der Waals surface area contributed by atoms with Crippen molar-refractivity contribution in [3.8, 4) is 0 Å². The summed E-state index contributed by atoms with van der Waals surface area (Å²) in [6, 6.07) is 7.52. The van der Waals surface area contributed by atoms with E-state index in [9.17, 15) is 14.7 Å². The number of aromatic nitrogens is 3. The highest BCUT2D eigenvalue weighted by molar-refractivity contribution is 5.81. The molecule has 0 spiro atoms. The highest BCUT2D eigenvalue weighted by atomic mass is 16.3. The Morgan fingerprint density at radius 2 is 2.04 bits per heavy atom. The maximum Gasteiger partial charge on any atom is 0.346 e. The minimum absolute atomic E-state index is 0.0699. The van der Waals surface area contributed by atoms with Crippen molar-refractivity contribution >= 4 is 5.91 Å². The van der Waals surface area contributed by atoms with Gasteiger partial charge in [0.1, 0.15) is 11.9 Å². The van der Waals surface area contributed by atoms with Crippen LogP contribution in [-0.2, 0) is 17.8 Å². The SMILES string of the molecule is Cc1ccc(Cn2nc3n(c2=O)[C@H](C(=O)N2CC[C@@H](O)C2)CCC3)cc1. The van der Waals surface area contributed by atoms with Crippen LogP contribution in [0.5, 0.6) is 0 Å². The Balaban J connectivity index is 1.62. The molecule has 1 aromatic heterocycles. The second-order valence-electron chi connectivity index (χ2n) is 7.35. The van der Waals surface area contributed by atoms with E-state index >= 15 is 0 Å². The van der Waals surface area contributed by atoms with E-state index in [1.165, 1.54) is 10.2 Å². The topological polar surface area (TPSA) is 80.4 Å². The van der Waals surface area contributed by atoms with Crippen molar-refractivity contribution in [2.75, 3.05) is 13.1 Å². The predicted molar refractivity (Wildman–Crippen MR) is 95.9 cm³/mol. The molecular formula is C19H24N4O3. The van der Waals surface area contributed by atoms with Gasteiger partial charge in [0.2, 0.25) is 5.91 Å². The molecule has 0 aliphatic carbocycles. The monoisotopic (exact) mass is 356 g/mol. The van der Waals surface area contributed by atoms with Gasteiger partial charge in [-0.05, 0) is 31.7 Å². The van der Waals surface area contributed by atoms with Gasteiger partial charge in [0.25, 0.3) is 0 Å². The first-order valence-corrected chi connectivity index (χ1v) is 9.23. The average molecular weight is 356 g/mol. The van der Waals surface area contributed by atoms with E-state index in [4.69, 9.17) is 0 Å². The van der Waals surface area contributed by atoms with Crippen LogP contribution in [0.2, 0.25) is 0 Å². The maximum absolute atomic E-state index is 12.9. The van der Waals surface area contributed by atoms with Crippen molar-refractivity contribution in [1.82, 2.24) is 19.2 Å². The lowest BCUT2D eigenvalue weighted by molar-refractivity contribution is -0.134. The van der Waals surface area contributed by atoms with E-state index in [0.717, 1.165) is 12.0 Å². The molecule has 0 unspecified atom stereocenters. The molecule has 4 rings (SSSR count). The quantitative estimate of drug-likeness (QED) is 0.885. The highest BCUT2D eigenvalue weighted by Gasteiger charge is 2.35. The van der Waals surface area contributed by atoms with Gasteiger partial charge in [-0.2, -0.15) is 5.10 Å². The summed E-state index contributed by atoms with van der Waals surface area (Å²) in [6.45, 7) is 3.34. The summed E-state index contributed by atoms with van der Waals surface area (Å²) in [5, 5.41) is 14.2. The Bertz CT molecular complexity index is 868. The molecule has 2 aliphatic heterocycles. The second-order valence-corrected chi connectivity index (χ2v) is 7.35. The van der Waals surface area contributed by atoms with Gasteiger partial charge < -0.3 is 10.0 Å². The van der Waals surface area contributed by atoms with Crippen LogP contribution in [0.15, 0.2) is 29.1 Å². The number of nitrogens with zero attached hydrogens (tertiary/aromatic N) is 4. The molecule has 1 fully saturated rings. The maximum atomic E-state index is 12.9. The summed E-state index contributed by atoms with van der Waals surface area (Å²) in [4.78, 5) is 27.5. The number of carbonyl (C=O) groups excluding carboxylic acids is 1. The van der Waals surface area contributed by atoms with E-state index in [-0.39, 0.29) is 11.6 Å². The van der Waals surface area contributed by atoms with Crippen LogP contribution in [0.1, 0.15) is 42.3 Å². The van der Waals surface area contributed by atoms with E-state index in [1.807, 2.05) is 31.2 Å². The Morgan fingerprint density at radius 1 is 1.27 bits per heavy atom. The van der Waals surface area contributed by atoms with Crippen LogP contribution in [0, 0.1) is 6.92 Å². The molecule has 2 aromatic rings. The fourth-order valence-electron chi connectivity index (χ4n) is 3.89. The zero-order valence-corrected chi connectivity index (χ0v) is 15.0. The van der Waals surface area contributed by atoms with Crippen molar-refractivity contribution in [3.05, 3.63) is 51.7 Å². The zero-order chi connectivity index (χ0) is 18.3. The number of hydrogen-bond acceptors (Lipinski definition) is 4. The van der Waals surface area contributed by atoms with E-state index < -0.39 is 12.1 Å². The van der Waals surface area contributed by atoms with Gasteiger partial charge in [0.15, 0.2) is 0 Å². The van der Waals surface area contributed by atoms with Crippen LogP contribution in [0.4, 0.5) is 0 Å². The number of benzene rings is 1. The number of aliphatic hydroxyl groups is 1. The molecule has 2 atom stereocenters. The number of rotatable bonds is 3. The van der Waals surface area contributed by atoms with Gasteiger partial charge in [-0.15, -0.1) is 0 Å². The summed E-state index contributed by atoms with van der Waals surface area (Å²) in [6.07, 6.45) is 2.35. The number of amides is 1. The first-order valence-electron chi connectivity index (χ1n) is 9.23. The molecule has 7 nitrogen and oxygen atoms in total. The summed E-state index contributed by atoms with van der Waals surface area (Å²) < 4.78 is 3.04. The zero-order valence-electron chi connectivity index (χ0n) is 15.0. The molecule has 1 aromatic carbocycles. The van der Waals surface area contributed by atoms with Crippen molar-refractivity contribution in [2.45, 2.75) is 51.3 Å². The number of aliphatic hydroxyl groups excluding tert-OH is 1. The largest absolute Gasteiger partial charge is 0.391 e. The van der Waals surface area contributed by atoms with Crippen LogP contribution < -0.4 is 5.69 Å². The smallest absolute Gasteiger partial charge is 0.346 e. The molecule has 0 bridgehead atoms. The fraction of sp³-hybridized carbons (Fsp3) is 0.526. The minimum atomic E-state index is -0.497. The van der Waals surface area contributed by atoms with Crippen LogP contribution >= 0.6 is 0 Å². The van der Waals surface area contributed by atoms with E-state index in [0.29, 0.717) is 44.7 Å². The highest BCUT2D eigenvalue weighted by Crippen LogP contribution is 2.25. The lowest BCUT2D eigenvalue weighted by Crippen LogP contribution is -2.42. The third-order valence-corrected chi connectivity index (χ3v) is 5.34. The summed E-state index contributed by atoms with van der Waals surface area (Å²) in [5.41, 5.74) is 1.96. The Kier molecular flexibility index (Phi) is 4.40. The summed E-state index contributed by atoms with van der Waals surface area (Å²) >= 11 is 0. The van der Waals surface area contributed by atoms with E-state index in [1.54, 1.807) is 9.47 Å². The molecule has 7 heteroatoms. The average Bonchev–Trinajstić information content (AvgIpc) is 3.20. The number of carbonyl (C=O) groups is 1.